The summed E-state index contributed by atoms with van der Waals surface area (Å²) < 4.78 is 34.1. The molecule has 0 aliphatic carbocycles. The van der Waals surface area contributed by atoms with Crippen molar-refractivity contribution >= 4 is 10.0 Å². The molecule has 0 bridgehead atoms. The fourth-order valence-electron chi connectivity index (χ4n) is 2.98. The zero-order chi connectivity index (χ0) is 17.0. The molecule has 124 valence electrons. The maximum absolute atomic E-state index is 12.9. The monoisotopic (exact) mass is 342 g/mol. The average Bonchev–Trinajstić information content (AvgIpc) is 2.63. The first-order valence-corrected chi connectivity index (χ1v) is 9.21. The molecule has 2 aromatic rings. The van der Waals surface area contributed by atoms with E-state index in [-0.39, 0.29) is 4.90 Å². The zero-order valence-corrected chi connectivity index (χ0v) is 13.9. The van der Waals surface area contributed by atoms with Crippen LogP contribution >= 0.6 is 0 Å². The maximum Gasteiger partial charge on any atom is 0.241 e. The first-order valence-electron chi connectivity index (χ1n) is 7.73. The van der Waals surface area contributed by atoms with Crippen LogP contribution in [0.15, 0.2) is 59.5 Å². The van der Waals surface area contributed by atoms with Crippen LogP contribution in [0.3, 0.4) is 0 Å². The summed E-state index contributed by atoms with van der Waals surface area (Å²) in [7, 11) is -3.76. The Morgan fingerprint density at radius 2 is 1.75 bits per heavy atom. The first-order chi connectivity index (χ1) is 11.6. The lowest BCUT2D eigenvalue weighted by molar-refractivity contribution is 0.0459. The molecule has 1 aliphatic rings. The quantitative estimate of drug-likeness (QED) is 0.926. The van der Waals surface area contributed by atoms with Crippen molar-refractivity contribution < 1.29 is 13.2 Å². The Labute approximate surface area is 141 Å². The van der Waals surface area contributed by atoms with Crippen LogP contribution in [-0.4, -0.2) is 21.6 Å². The first kappa shape index (κ1) is 16.7. The Hall–Kier alpha value is -2.20. The van der Waals surface area contributed by atoms with E-state index in [9.17, 15) is 8.42 Å². The lowest BCUT2D eigenvalue weighted by atomic mass is 9.84. The molecule has 1 aliphatic heterocycles. The number of sulfonamides is 1. The van der Waals surface area contributed by atoms with Gasteiger partial charge in [0.15, 0.2) is 0 Å². The Bertz CT molecular complexity index is 851. The van der Waals surface area contributed by atoms with E-state index in [4.69, 9.17) is 10.00 Å². The Morgan fingerprint density at radius 1 is 1.04 bits per heavy atom. The number of benzene rings is 2. The average molecular weight is 342 g/mol. The molecule has 2 aromatic carbocycles. The second-order valence-electron chi connectivity index (χ2n) is 5.81. The highest BCUT2D eigenvalue weighted by molar-refractivity contribution is 7.89. The molecule has 0 saturated carbocycles. The molecule has 0 radical (unpaired) electrons. The number of hydrogen-bond donors (Lipinski definition) is 1. The summed E-state index contributed by atoms with van der Waals surface area (Å²) in [6, 6.07) is 17.6. The summed E-state index contributed by atoms with van der Waals surface area (Å²) >= 11 is 0. The van der Waals surface area contributed by atoms with Gasteiger partial charge in [-0.05, 0) is 36.6 Å². The summed E-state index contributed by atoms with van der Waals surface area (Å²) in [4.78, 5) is 0.100. The minimum atomic E-state index is -3.76. The minimum Gasteiger partial charge on any atom is -0.381 e. The second kappa shape index (κ2) is 6.73. The van der Waals surface area contributed by atoms with Crippen LogP contribution < -0.4 is 4.72 Å². The Kier molecular flexibility index (Phi) is 4.67. The van der Waals surface area contributed by atoms with E-state index in [0.29, 0.717) is 31.6 Å². The van der Waals surface area contributed by atoms with Gasteiger partial charge in [-0.3, -0.25) is 0 Å². The van der Waals surface area contributed by atoms with Gasteiger partial charge in [0.1, 0.15) is 0 Å². The van der Waals surface area contributed by atoms with Crippen LogP contribution in [0.2, 0.25) is 0 Å². The van der Waals surface area contributed by atoms with E-state index in [1.54, 1.807) is 12.1 Å². The molecule has 1 heterocycles. The molecule has 1 fully saturated rings. The van der Waals surface area contributed by atoms with E-state index < -0.39 is 15.6 Å². The predicted molar refractivity (Wildman–Crippen MR) is 89.7 cm³/mol. The Morgan fingerprint density at radius 3 is 2.42 bits per heavy atom. The summed E-state index contributed by atoms with van der Waals surface area (Å²) in [6.45, 7) is 0.991. The smallest absolute Gasteiger partial charge is 0.241 e. The topological polar surface area (TPSA) is 79.2 Å². The van der Waals surface area contributed by atoms with Gasteiger partial charge in [-0.25, -0.2) is 13.1 Å². The van der Waals surface area contributed by atoms with Crippen LogP contribution in [0.1, 0.15) is 24.0 Å². The van der Waals surface area contributed by atoms with Gasteiger partial charge in [0.2, 0.25) is 10.0 Å². The number of ether oxygens (including phenoxy) is 1. The number of nitrogens with zero attached hydrogens (tertiary/aromatic N) is 1. The van der Waals surface area contributed by atoms with Crippen LogP contribution in [0, 0.1) is 11.3 Å². The summed E-state index contributed by atoms with van der Waals surface area (Å²) in [5.41, 5.74) is 0.549. The van der Waals surface area contributed by atoms with Crippen LogP contribution in [0.5, 0.6) is 0 Å². The molecular formula is C18H18N2O3S. The molecule has 0 spiro atoms. The van der Waals surface area contributed by atoms with Gasteiger partial charge in [-0.1, -0.05) is 36.4 Å². The molecule has 24 heavy (non-hydrogen) atoms. The highest BCUT2D eigenvalue weighted by atomic mass is 32.2. The Balaban J connectivity index is 1.99. The molecule has 0 atom stereocenters. The standard InChI is InChI=1S/C18H18N2O3S/c19-14-15-5-4-8-17(13-15)24(21,22)20-18(9-11-23-12-10-18)16-6-2-1-3-7-16/h1-8,13,20H,9-12H2. The minimum absolute atomic E-state index is 0.100. The lowest BCUT2D eigenvalue weighted by Gasteiger charge is -2.38. The molecule has 1 saturated heterocycles. The predicted octanol–water partition coefficient (Wildman–Crippen LogP) is 2.54. The van der Waals surface area contributed by atoms with Crippen molar-refractivity contribution in [1.82, 2.24) is 4.72 Å². The van der Waals surface area contributed by atoms with Crippen molar-refractivity contribution in [2.45, 2.75) is 23.3 Å². The molecule has 6 heteroatoms. The van der Waals surface area contributed by atoms with Gasteiger partial charge in [0.05, 0.1) is 22.1 Å². The van der Waals surface area contributed by atoms with Crippen molar-refractivity contribution in [3.63, 3.8) is 0 Å². The van der Waals surface area contributed by atoms with Crippen LogP contribution in [0.25, 0.3) is 0 Å². The van der Waals surface area contributed by atoms with Gasteiger partial charge >= 0.3 is 0 Å². The van der Waals surface area contributed by atoms with Crippen molar-refractivity contribution in [3.05, 3.63) is 65.7 Å². The van der Waals surface area contributed by atoms with Crippen LogP contribution in [-0.2, 0) is 20.3 Å². The normalized spacial score (nSPS) is 17.1. The lowest BCUT2D eigenvalue weighted by Crippen LogP contribution is -2.49. The number of nitriles is 1. The molecule has 0 amide bonds. The van der Waals surface area contributed by atoms with Gasteiger partial charge in [0, 0.05) is 13.2 Å². The summed E-state index contributed by atoms with van der Waals surface area (Å²) in [6.07, 6.45) is 1.13. The highest BCUT2D eigenvalue weighted by Gasteiger charge is 2.38. The molecule has 3 rings (SSSR count). The fraction of sp³-hybridized carbons (Fsp3) is 0.278. The summed E-state index contributed by atoms with van der Waals surface area (Å²) in [5, 5.41) is 9.00. The van der Waals surface area contributed by atoms with Crippen LogP contribution in [0.4, 0.5) is 0 Å². The van der Waals surface area contributed by atoms with Crippen molar-refractivity contribution in [3.8, 4) is 6.07 Å². The molecule has 1 N–H and O–H groups in total. The fourth-order valence-corrected chi connectivity index (χ4v) is 4.47. The maximum atomic E-state index is 12.9. The van der Waals surface area contributed by atoms with Gasteiger partial charge in [0.25, 0.3) is 0 Å². The van der Waals surface area contributed by atoms with E-state index in [1.165, 1.54) is 12.1 Å². The number of nitrogens with one attached hydrogen (secondary N) is 1. The summed E-state index contributed by atoms with van der Waals surface area (Å²) in [5.74, 6) is 0. The van der Waals surface area contributed by atoms with E-state index in [0.717, 1.165) is 5.56 Å². The van der Waals surface area contributed by atoms with Gasteiger partial charge in [-0.2, -0.15) is 5.26 Å². The van der Waals surface area contributed by atoms with Gasteiger partial charge in [-0.15, -0.1) is 0 Å². The number of rotatable bonds is 4. The third-order valence-electron chi connectivity index (χ3n) is 4.28. The SMILES string of the molecule is N#Cc1cccc(S(=O)(=O)NC2(c3ccccc3)CCOCC2)c1. The van der Waals surface area contributed by atoms with Crippen molar-refractivity contribution in [2.75, 3.05) is 13.2 Å². The number of hydrogen-bond acceptors (Lipinski definition) is 4. The zero-order valence-electron chi connectivity index (χ0n) is 13.1. The third kappa shape index (κ3) is 3.34. The highest BCUT2D eigenvalue weighted by Crippen LogP contribution is 2.33. The van der Waals surface area contributed by atoms with Crippen molar-refractivity contribution in [2.24, 2.45) is 0 Å². The molecule has 0 unspecified atom stereocenters. The van der Waals surface area contributed by atoms with E-state index in [2.05, 4.69) is 4.72 Å². The van der Waals surface area contributed by atoms with Gasteiger partial charge < -0.3 is 4.74 Å². The van der Waals surface area contributed by atoms with E-state index in [1.807, 2.05) is 36.4 Å². The second-order valence-corrected chi connectivity index (χ2v) is 7.49. The molecular weight excluding hydrogens is 324 g/mol. The largest absolute Gasteiger partial charge is 0.381 e. The molecule has 0 aromatic heterocycles. The third-order valence-corrected chi connectivity index (χ3v) is 5.81. The van der Waals surface area contributed by atoms with Crippen molar-refractivity contribution in [1.29, 1.82) is 5.26 Å². The van der Waals surface area contributed by atoms with E-state index >= 15 is 0 Å². The molecule has 5 nitrogen and oxygen atoms in total.